The number of aliphatic hydroxyl groups is 1. The van der Waals surface area contributed by atoms with Crippen molar-refractivity contribution in [2.45, 2.75) is 19.9 Å². The molecule has 3 N–H and O–H groups in total. The molecule has 0 aliphatic heterocycles. The van der Waals surface area contributed by atoms with Gasteiger partial charge in [0.25, 0.3) is 5.91 Å². The van der Waals surface area contributed by atoms with E-state index in [-0.39, 0.29) is 17.7 Å². The Morgan fingerprint density at radius 2 is 1.65 bits per heavy atom. The van der Waals surface area contributed by atoms with Crippen LogP contribution in [0.1, 0.15) is 33.2 Å². The van der Waals surface area contributed by atoms with Gasteiger partial charge in [-0.05, 0) is 43.2 Å². The zero-order valence-electron chi connectivity index (χ0n) is 13.0. The molecule has 0 aliphatic carbocycles. The van der Waals surface area contributed by atoms with Gasteiger partial charge in [0.2, 0.25) is 0 Å². The Bertz CT molecular complexity index is 722. The fourth-order valence-electron chi connectivity index (χ4n) is 2.15. The van der Waals surface area contributed by atoms with Gasteiger partial charge in [0.05, 0.1) is 12.2 Å². The van der Waals surface area contributed by atoms with Gasteiger partial charge in [0, 0.05) is 11.6 Å². The molecule has 0 bridgehead atoms. The number of carbonyl (C=O) groups is 2. The van der Waals surface area contributed by atoms with Gasteiger partial charge in [-0.1, -0.05) is 29.8 Å². The van der Waals surface area contributed by atoms with Crippen molar-refractivity contribution in [1.82, 2.24) is 5.32 Å². The number of aliphatic hydroxyl groups excluding tert-OH is 1. The van der Waals surface area contributed by atoms with E-state index in [9.17, 15) is 14.7 Å². The maximum atomic E-state index is 12.2. The van der Waals surface area contributed by atoms with Crippen molar-refractivity contribution in [2.75, 3.05) is 6.61 Å². The second-order valence-corrected chi connectivity index (χ2v) is 5.53. The highest BCUT2D eigenvalue weighted by molar-refractivity contribution is 5.99. The molecule has 2 aromatic carbocycles. The molecule has 5 heteroatoms. The van der Waals surface area contributed by atoms with Crippen molar-refractivity contribution in [3.63, 3.8) is 0 Å². The highest BCUT2D eigenvalue weighted by Crippen LogP contribution is 2.23. The fraction of sp³-hybridized carbons (Fsp3) is 0.222. The number of carbonyl (C=O) groups excluding carboxylic acids is 1. The first kappa shape index (κ1) is 16.7. The van der Waals surface area contributed by atoms with E-state index in [1.165, 1.54) is 6.07 Å². The largest absolute Gasteiger partial charge is 0.478 e. The van der Waals surface area contributed by atoms with Crippen LogP contribution in [0.5, 0.6) is 0 Å². The molecule has 0 fully saturated rings. The minimum absolute atomic E-state index is 0.0462. The van der Waals surface area contributed by atoms with Crippen molar-refractivity contribution in [2.24, 2.45) is 0 Å². The van der Waals surface area contributed by atoms with Crippen molar-refractivity contribution < 1.29 is 19.8 Å². The number of hydrogen-bond acceptors (Lipinski definition) is 3. The molecular formula is C18H19NO4. The Morgan fingerprint density at radius 1 is 1.04 bits per heavy atom. The first-order chi connectivity index (χ1) is 10.9. The van der Waals surface area contributed by atoms with Crippen molar-refractivity contribution in [3.8, 4) is 11.1 Å². The number of aromatic carboxylic acids is 1. The number of carboxylic acid groups (broad SMARTS) is 1. The second kappa shape index (κ2) is 7.07. The zero-order valence-corrected chi connectivity index (χ0v) is 13.0. The Balaban J connectivity index is 2.45. The maximum Gasteiger partial charge on any atom is 0.335 e. The van der Waals surface area contributed by atoms with E-state index in [4.69, 9.17) is 5.11 Å². The molecule has 120 valence electrons. The molecule has 5 nitrogen and oxygen atoms in total. The van der Waals surface area contributed by atoms with Crippen LogP contribution in [-0.2, 0) is 0 Å². The van der Waals surface area contributed by atoms with Crippen LogP contribution in [0.25, 0.3) is 11.1 Å². The highest BCUT2D eigenvalue weighted by atomic mass is 16.4. The van der Waals surface area contributed by atoms with Crippen LogP contribution in [0.3, 0.4) is 0 Å². The smallest absolute Gasteiger partial charge is 0.335 e. The molecule has 0 aromatic heterocycles. The SMILES string of the molecule is Cc1ccc(-c2cc(C(=O)O)cc(C(=O)N[C@@H](C)CO)c2)cc1. The Hall–Kier alpha value is -2.66. The van der Waals surface area contributed by atoms with E-state index in [1.807, 2.05) is 31.2 Å². The first-order valence-corrected chi connectivity index (χ1v) is 7.28. The summed E-state index contributed by atoms with van der Waals surface area (Å²) >= 11 is 0. The van der Waals surface area contributed by atoms with Gasteiger partial charge in [-0.25, -0.2) is 4.79 Å². The predicted molar refractivity (Wildman–Crippen MR) is 87.6 cm³/mol. The number of nitrogens with one attached hydrogen (secondary N) is 1. The summed E-state index contributed by atoms with van der Waals surface area (Å²) in [7, 11) is 0. The van der Waals surface area contributed by atoms with Crippen LogP contribution < -0.4 is 5.32 Å². The molecule has 1 amide bonds. The normalized spacial score (nSPS) is 11.8. The van der Waals surface area contributed by atoms with E-state index in [1.54, 1.807) is 19.1 Å². The van der Waals surface area contributed by atoms with E-state index in [2.05, 4.69) is 5.32 Å². The molecule has 0 heterocycles. The van der Waals surface area contributed by atoms with Gasteiger partial charge in [0.15, 0.2) is 0 Å². The van der Waals surface area contributed by atoms with E-state index < -0.39 is 17.9 Å². The predicted octanol–water partition coefficient (Wildman–Crippen LogP) is 2.47. The average molecular weight is 313 g/mol. The quantitative estimate of drug-likeness (QED) is 0.791. The molecule has 0 radical (unpaired) electrons. The lowest BCUT2D eigenvalue weighted by Gasteiger charge is -2.12. The van der Waals surface area contributed by atoms with Crippen LogP contribution in [-0.4, -0.2) is 34.7 Å². The standard InChI is InChI=1S/C18H19NO4/c1-11-3-5-13(6-4-11)14-7-15(9-16(8-14)18(22)23)17(21)19-12(2)10-20/h3-9,12,20H,10H2,1-2H3,(H,19,21)(H,22,23)/t12-/m0/s1. The summed E-state index contributed by atoms with van der Waals surface area (Å²) in [4.78, 5) is 23.5. The van der Waals surface area contributed by atoms with Gasteiger partial charge in [0.1, 0.15) is 0 Å². The third-order valence-corrected chi connectivity index (χ3v) is 3.48. The number of amides is 1. The van der Waals surface area contributed by atoms with Crippen molar-refractivity contribution in [3.05, 3.63) is 59.2 Å². The summed E-state index contributed by atoms with van der Waals surface area (Å²) in [6, 6.07) is 11.7. The van der Waals surface area contributed by atoms with Crippen LogP contribution in [0.2, 0.25) is 0 Å². The number of carboxylic acids is 1. The van der Waals surface area contributed by atoms with Gasteiger partial charge >= 0.3 is 5.97 Å². The van der Waals surface area contributed by atoms with Gasteiger partial charge < -0.3 is 15.5 Å². The van der Waals surface area contributed by atoms with Crippen LogP contribution in [0, 0.1) is 6.92 Å². The number of hydrogen-bond donors (Lipinski definition) is 3. The van der Waals surface area contributed by atoms with Crippen molar-refractivity contribution in [1.29, 1.82) is 0 Å². The molecule has 2 aromatic rings. The minimum Gasteiger partial charge on any atom is -0.478 e. The maximum absolute atomic E-state index is 12.2. The zero-order chi connectivity index (χ0) is 17.0. The molecule has 0 saturated heterocycles. The summed E-state index contributed by atoms with van der Waals surface area (Å²) in [5, 5.41) is 20.9. The molecule has 23 heavy (non-hydrogen) atoms. The molecule has 0 saturated carbocycles. The first-order valence-electron chi connectivity index (χ1n) is 7.28. The summed E-state index contributed by atoms with van der Waals surface area (Å²) in [6.07, 6.45) is 0. The molecule has 0 spiro atoms. The third-order valence-electron chi connectivity index (χ3n) is 3.48. The number of aryl methyl sites for hydroxylation is 1. The summed E-state index contributed by atoms with van der Waals surface area (Å²) in [6.45, 7) is 3.45. The number of rotatable bonds is 5. The lowest BCUT2D eigenvalue weighted by atomic mass is 9.98. The monoisotopic (exact) mass is 313 g/mol. The van der Waals surface area contributed by atoms with Gasteiger partial charge in [-0.15, -0.1) is 0 Å². The molecule has 0 unspecified atom stereocenters. The molecule has 1 atom stereocenters. The van der Waals surface area contributed by atoms with Gasteiger partial charge in [-0.2, -0.15) is 0 Å². The van der Waals surface area contributed by atoms with Gasteiger partial charge in [-0.3, -0.25) is 4.79 Å². The van der Waals surface area contributed by atoms with Crippen LogP contribution in [0.4, 0.5) is 0 Å². The van der Waals surface area contributed by atoms with Crippen LogP contribution >= 0.6 is 0 Å². The third kappa shape index (κ3) is 4.17. The van der Waals surface area contributed by atoms with E-state index >= 15 is 0 Å². The molecule has 0 aliphatic rings. The summed E-state index contributed by atoms with van der Waals surface area (Å²) in [5.41, 5.74) is 2.89. The molecular weight excluding hydrogens is 294 g/mol. The van der Waals surface area contributed by atoms with Crippen molar-refractivity contribution >= 4 is 11.9 Å². The second-order valence-electron chi connectivity index (χ2n) is 5.53. The summed E-state index contributed by atoms with van der Waals surface area (Å²) < 4.78 is 0. The van der Waals surface area contributed by atoms with Crippen LogP contribution in [0.15, 0.2) is 42.5 Å². The van der Waals surface area contributed by atoms with E-state index in [0.29, 0.717) is 5.56 Å². The summed E-state index contributed by atoms with van der Waals surface area (Å²) in [5.74, 6) is -1.51. The number of benzene rings is 2. The minimum atomic E-state index is -1.09. The lowest BCUT2D eigenvalue weighted by Crippen LogP contribution is -2.35. The Labute approximate surface area is 134 Å². The molecule has 2 rings (SSSR count). The Kier molecular flexibility index (Phi) is 5.13. The highest BCUT2D eigenvalue weighted by Gasteiger charge is 2.14. The van der Waals surface area contributed by atoms with E-state index in [0.717, 1.165) is 11.1 Å². The Morgan fingerprint density at radius 3 is 2.22 bits per heavy atom. The fourth-order valence-corrected chi connectivity index (χ4v) is 2.15. The lowest BCUT2D eigenvalue weighted by molar-refractivity contribution is 0.0697. The topological polar surface area (TPSA) is 86.6 Å². The average Bonchev–Trinajstić information content (AvgIpc) is 2.54.